The fourth-order valence-corrected chi connectivity index (χ4v) is 11.9. The molecule has 2 aliphatic rings. The number of hydrogen-bond donors (Lipinski definition) is 0. The molecule has 3 heteroatoms. The molecule has 22 heavy (non-hydrogen) atoms. The van der Waals surface area contributed by atoms with Crippen LogP contribution in [0.15, 0.2) is 50.8 Å². The molecule has 1 aromatic carbocycles. The molecule has 0 fully saturated rings. The van der Waals surface area contributed by atoms with Crippen LogP contribution in [0.5, 0.6) is 0 Å². The molecule has 0 spiro atoms. The number of hydrogen-bond acceptors (Lipinski definition) is 0. The molecule has 0 heterocycles. The topological polar surface area (TPSA) is 0 Å². The van der Waals surface area contributed by atoms with Crippen LogP contribution in [-0.4, -0.2) is 3.21 Å². The van der Waals surface area contributed by atoms with Crippen molar-refractivity contribution >= 4 is 9.28 Å². The van der Waals surface area contributed by atoms with E-state index < -0.39 is 21.3 Å². The van der Waals surface area contributed by atoms with Crippen LogP contribution in [0.3, 0.4) is 0 Å². The van der Waals surface area contributed by atoms with Crippen molar-refractivity contribution in [3.05, 3.63) is 62.0 Å². The first-order chi connectivity index (χ1) is 9.58. The first-order valence-corrected chi connectivity index (χ1v) is 11.3. The quantitative estimate of drug-likeness (QED) is 0.598. The van der Waals surface area contributed by atoms with Gasteiger partial charge in [-0.2, -0.15) is 0 Å². The zero-order valence-corrected chi connectivity index (χ0v) is 17.6. The Morgan fingerprint density at radius 1 is 1.05 bits per heavy atom. The molecule has 2 aliphatic carbocycles. The van der Waals surface area contributed by atoms with Gasteiger partial charge in [-0.3, -0.25) is 0 Å². The summed E-state index contributed by atoms with van der Waals surface area (Å²) in [7, 11) is 0. The van der Waals surface area contributed by atoms with Gasteiger partial charge in [0, 0.05) is 0 Å². The maximum absolute atomic E-state index is 2.44. The SMILES string of the molecule is CC1=CC=[C]([Zr+2](=[C](C)C)[CH]2C(C)=Cc3ccccc32)C1.[Cl-].[Cl-]. The van der Waals surface area contributed by atoms with Gasteiger partial charge in [0.2, 0.25) is 0 Å². The van der Waals surface area contributed by atoms with E-state index in [1.54, 1.807) is 17.6 Å². The first-order valence-electron chi connectivity index (χ1n) is 7.39. The molecular weight excluding hydrogens is 390 g/mol. The van der Waals surface area contributed by atoms with Crippen molar-refractivity contribution in [1.82, 2.24) is 0 Å². The van der Waals surface area contributed by atoms with E-state index in [0.29, 0.717) is 0 Å². The molecule has 1 atom stereocenters. The first kappa shape index (κ1) is 19.8. The Labute approximate surface area is 154 Å². The fraction of sp³-hybridized carbons (Fsp3) is 0.316. The normalized spacial score (nSPS) is 18.0. The summed E-state index contributed by atoms with van der Waals surface area (Å²) in [5, 5.41) is 0. The van der Waals surface area contributed by atoms with Gasteiger partial charge in [0.15, 0.2) is 0 Å². The van der Waals surface area contributed by atoms with Crippen molar-refractivity contribution in [2.45, 2.75) is 37.7 Å². The minimum absolute atomic E-state index is 0. The van der Waals surface area contributed by atoms with Crippen LogP contribution >= 0.6 is 0 Å². The molecule has 0 saturated heterocycles. The van der Waals surface area contributed by atoms with Gasteiger partial charge in [0.1, 0.15) is 0 Å². The predicted octanol–water partition coefficient (Wildman–Crippen LogP) is -0.783. The van der Waals surface area contributed by atoms with Gasteiger partial charge in [-0.1, -0.05) is 0 Å². The Balaban J connectivity index is 0.00000121. The molecular formula is C19H22Cl2Zr. The fourth-order valence-electron chi connectivity index (χ4n) is 3.50. The molecule has 0 aromatic heterocycles. The summed E-state index contributed by atoms with van der Waals surface area (Å²) >= 11 is -1.77. The summed E-state index contributed by atoms with van der Waals surface area (Å²) in [6, 6.07) is 9.00. The molecule has 1 unspecified atom stereocenters. The van der Waals surface area contributed by atoms with Crippen LogP contribution in [0.25, 0.3) is 6.08 Å². The maximum Gasteiger partial charge on any atom is -1.00 e. The van der Waals surface area contributed by atoms with Gasteiger partial charge in [-0.25, -0.2) is 0 Å². The molecule has 116 valence electrons. The van der Waals surface area contributed by atoms with Crippen molar-refractivity contribution in [2.75, 3.05) is 0 Å². The Morgan fingerprint density at radius 3 is 2.32 bits per heavy atom. The van der Waals surface area contributed by atoms with E-state index in [9.17, 15) is 0 Å². The zero-order valence-electron chi connectivity index (χ0n) is 13.6. The second-order valence-corrected chi connectivity index (χ2v) is 13.7. The molecule has 0 bridgehead atoms. The number of fused-ring (bicyclic) bond motifs is 1. The Hall–Kier alpha value is -0.227. The van der Waals surface area contributed by atoms with Gasteiger partial charge >= 0.3 is 130 Å². The minimum atomic E-state index is -1.77. The van der Waals surface area contributed by atoms with Gasteiger partial charge in [-0.05, 0) is 0 Å². The van der Waals surface area contributed by atoms with E-state index in [-0.39, 0.29) is 24.8 Å². The van der Waals surface area contributed by atoms with Crippen LogP contribution in [0, 0.1) is 0 Å². The van der Waals surface area contributed by atoms with Crippen molar-refractivity contribution in [2.24, 2.45) is 0 Å². The number of benzene rings is 1. The Kier molecular flexibility index (Phi) is 7.25. The van der Waals surface area contributed by atoms with Crippen LogP contribution in [0.1, 0.15) is 48.9 Å². The van der Waals surface area contributed by atoms with Crippen molar-refractivity contribution < 1.29 is 46.1 Å². The van der Waals surface area contributed by atoms with Crippen molar-refractivity contribution in [3.63, 3.8) is 0 Å². The molecule has 0 amide bonds. The molecule has 0 N–H and O–H groups in total. The van der Waals surface area contributed by atoms with Crippen LogP contribution in [-0.2, 0) is 21.3 Å². The van der Waals surface area contributed by atoms with Crippen molar-refractivity contribution in [1.29, 1.82) is 0 Å². The largest absolute Gasteiger partial charge is 1.00 e. The summed E-state index contributed by atoms with van der Waals surface area (Å²) < 4.78 is 4.22. The van der Waals surface area contributed by atoms with Gasteiger partial charge < -0.3 is 24.8 Å². The number of halogens is 2. The molecule has 3 rings (SSSR count). The Bertz CT molecular complexity index is 689. The third-order valence-corrected chi connectivity index (χ3v) is 12.9. The molecule has 0 aliphatic heterocycles. The third kappa shape index (κ3) is 3.64. The summed E-state index contributed by atoms with van der Waals surface area (Å²) in [6.07, 6.45) is 8.41. The summed E-state index contributed by atoms with van der Waals surface area (Å²) in [5.41, 5.74) is 6.17. The van der Waals surface area contributed by atoms with Gasteiger partial charge in [0.25, 0.3) is 0 Å². The molecule has 0 nitrogen and oxygen atoms in total. The van der Waals surface area contributed by atoms with Crippen LogP contribution in [0.4, 0.5) is 0 Å². The van der Waals surface area contributed by atoms with E-state index in [1.165, 1.54) is 17.6 Å². The molecule has 1 aromatic rings. The summed E-state index contributed by atoms with van der Waals surface area (Å²) in [5.74, 6) is 0. The standard InChI is InChI=1S/C10H9.C6H7.C3H6.2ClH.Zr/c1-8-6-9-4-2-3-5-10(9)7-8;1-6-4-2-3-5-6;1-3-2;;;/h2-7H,1H3;2,4H,5H2,1H3;1-2H3;2*1H;/q;;;;;+2/p-2. The van der Waals surface area contributed by atoms with Crippen LogP contribution in [0.2, 0.25) is 0 Å². The maximum atomic E-state index is 2.44. The average molecular weight is 413 g/mol. The smallest absolute Gasteiger partial charge is 1.00 e. The second-order valence-electron chi connectivity index (χ2n) is 6.25. The second kappa shape index (κ2) is 8.05. The predicted molar refractivity (Wildman–Crippen MR) is 85.6 cm³/mol. The monoisotopic (exact) mass is 410 g/mol. The van der Waals surface area contributed by atoms with E-state index in [0.717, 1.165) is 3.63 Å². The number of allylic oxidation sites excluding steroid dienone is 5. The third-order valence-electron chi connectivity index (χ3n) is 4.36. The summed E-state index contributed by atoms with van der Waals surface area (Å²) in [4.78, 5) is 0. The van der Waals surface area contributed by atoms with E-state index in [2.05, 4.69) is 70.2 Å². The van der Waals surface area contributed by atoms with E-state index >= 15 is 0 Å². The van der Waals surface area contributed by atoms with E-state index in [4.69, 9.17) is 0 Å². The summed E-state index contributed by atoms with van der Waals surface area (Å²) in [6.45, 7) is 9.35. The number of rotatable bonds is 2. The van der Waals surface area contributed by atoms with Crippen molar-refractivity contribution in [3.8, 4) is 0 Å². The average Bonchev–Trinajstić information content (AvgIpc) is 2.95. The van der Waals surface area contributed by atoms with Gasteiger partial charge in [-0.15, -0.1) is 0 Å². The Morgan fingerprint density at radius 2 is 1.73 bits per heavy atom. The zero-order chi connectivity index (χ0) is 14.3. The van der Waals surface area contributed by atoms with Crippen LogP contribution < -0.4 is 24.8 Å². The van der Waals surface area contributed by atoms with Gasteiger partial charge in [0.05, 0.1) is 0 Å². The molecule has 0 radical (unpaired) electrons. The minimum Gasteiger partial charge on any atom is -1.00 e. The van der Waals surface area contributed by atoms with E-state index in [1.807, 2.05) is 0 Å². The molecule has 0 saturated carbocycles.